The number of nitro groups is 1. The van der Waals surface area contributed by atoms with Crippen LogP contribution < -0.4 is 10.6 Å². The van der Waals surface area contributed by atoms with Crippen molar-refractivity contribution in [1.29, 1.82) is 0 Å². The van der Waals surface area contributed by atoms with E-state index < -0.39 is 4.92 Å². The number of anilines is 3. The molecule has 2 aromatic carbocycles. The first kappa shape index (κ1) is 20.4. The van der Waals surface area contributed by atoms with Gasteiger partial charge in [-0.1, -0.05) is 60.7 Å². The lowest BCUT2D eigenvalue weighted by atomic mass is 9.99. The summed E-state index contributed by atoms with van der Waals surface area (Å²) in [5.41, 5.74) is 2.56. The van der Waals surface area contributed by atoms with Gasteiger partial charge in [0.15, 0.2) is 5.13 Å². The van der Waals surface area contributed by atoms with Crippen LogP contribution in [0.3, 0.4) is 0 Å². The number of nitrogens with zero attached hydrogens (tertiary/aromatic N) is 4. The van der Waals surface area contributed by atoms with Crippen LogP contribution in [0.2, 0.25) is 0 Å². The maximum Gasteiger partial charge on any atom is 0.353 e. The maximum atomic E-state index is 12.0. The summed E-state index contributed by atoms with van der Waals surface area (Å²) in [5.74, 6) is 0.223. The van der Waals surface area contributed by atoms with Gasteiger partial charge in [0.1, 0.15) is 6.33 Å². The minimum Gasteiger partial charge on any atom is -0.353 e. The van der Waals surface area contributed by atoms with E-state index >= 15 is 0 Å². The van der Waals surface area contributed by atoms with Gasteiger partial charge in [0.2, 0.25) is 11.6 Å². The lowest BCUT2D eigenvalue weighted by Crippen LogP contribution is -2.15. The van der Waals surface area contributed by atoms with Gasteiger partial charge in [-0.2, -0.15) is 0 Å². The highest BCUT2D eigenvalue weighted by molar-refractivity contribution is 7.15. The van der Waals surface area contributed by atoms with Gasteiger partial charge in [0.25, 0.3) is 0 Å². The van der Waals surface area contributed by atoms with Crippen molar-refractivity contribution in [2.45, 2.75) is 19.9 Å². The third-order valence-electron chi connectivity index (χ3n) is 4.81. The molecule has 0 fully saturated rings. The van der Waals surface area contributed by atoms with Gasteiger partial charge in [-0.05, 0) is 25.0 Å². The van der Waals surface area contributed by atoms with Gasteiger partial charge in [0, 0.05) is 4.88 Å². The van der Waals surface area contributed by atoms with Crippen LogP contribution in [0.15, 0.2) is 67.0 Å². The molecule has 4 rings (SSSR count). The molecule has 0 amide bonds. The summed E-state index contributed by atoms with van der Waals surface area (Å²) in [5, 5.41) is 18.8. The van der Waals surface area contributed by atoms with Crippen molar-refractivity contribution >= 4 is 33.8 Å². The van der Waals surface area contributed by atoms with Crippen LogP contribution in [-0.4, -0.2) is 19.9 Å². The van der Waals surface area contributed by atoms with Crippen LogP contribution in [0.4, 0.5) is 22.5 Å². The molecule has 0 bridgehead atoms. The molecular formula is C22H20N6O2S. The number of nitrogens with one attached hydrogen (secondary N) is 2. The molecule has 9 heteroatoms. The maximum absolute atomic E-state index is 12.0. The molecular weight excluding hydrogens is 412 g/mol. The second kappa shape index (κ2) is 8.88. The lowest BCUT2D eigenvalue weighted by Gasteiger charge is -2.20. The largest absolute Gasteiger partial charge is 0.353 e. The van der Waals surface area contributed by atoms with Crippen molar-refractivity contribution in [3.8, 4) is 0 Å². The first-order valence-corrected chi connectivity index (χ1v) is 10.4. The van der Waals surface area contributed by atoms with Gasteiger partial charge < -0.3 is 10.6 Å². The third kappa shape index (κ3) is 4.51. The van der Waals surface area contributed by atoms with E-state index in [1.54, 1.807) is 0 Å². The summed E-state index contributed by atoms with van der Waals surface area (Å²) in [7, 11) is 0. The average molecular weight is 433 g/mol. The fourth-order valence-corrected chi connectivity index (χ4v) is 3.98. The molecule has 0 aliphatic carbocycles. The van der Waals surface area contributed by atoms with Crippen molar-refractivity contribution < 1.29 is 4.92 Å². The van der Waals surface area contributed by atoms with Crippen LogP contribution in [0.1, 0.15) is 27.7 Å². The van der Waals surface area contributed by atoms with Crippen molar-refractivity contribution in [2.24, 2.45) is 0 Å². The van der Waals surface area contributed by atoms with E-state index in [-0.39, 0.29) is 23.4 Å². The summed E-state index contributed by atoms with van der Waals surface area (Å²) in [6, 6.07) is 19.1. The summed E-state index contributed by atoms with van der Waals surface area (Å²) in [6.07, 6.45) is 1.30. The van der Waals surface area contributed by atoms with E-state index in [1.807, 2.05) is 74.5 Å². The summed E-state index contributed by atoms with van der Waals surface area (Å²) >= 11 is 1.42. The van der Waals surface area contributed by atoms with E-state index in [2.05, 4.69) is 25.6 Å². The summed E-state index contributed by atoms with van der Waals surface area (Å²) < 4.78 is 0. The smallest absolute Gasteiger partial charge is 0.353 e. The Morgan fingerprint density at radius 2 is 1.52 bits per heavy atom. The average Bonchev–Trinajstić information content (AvgIpc) is 3.09. The zero-order valence-electron chi connectivity index (χ0n) is 16.9. The van der Waals surface area contributed by atoms with E-state index in [9.17, 15) is 10.1 Å². The Bertz CT molecular complexity index is 1140. The summed E-state index contributed by atoms with van der Waals surface area (Å²) in [4.78, 5) is 25.2. The number of benzene rings is 2. The quantitative estimate of drug-likeness (QED) is 0.297. The van der Waals surface area contributed by atoms with Gasteiger partial charge in [-0.15, -0.1) is 11.3 Å². The minimum absolute atomic E-state index is 0.0936. The van der Waals surface area contributed by atoms with Gasteiger partial charge in [-0.3, -0.25) is 10.1 Å². The molecule has 0 atom stereocenters. The Labute approximate surface area is 183 Å². The van der Waals surface area contributed by atoms with E-state index in [0.717, 1.165) is 21.7 Å². The molecule has 0 saturated heterocycles. The predicted molar refractivity (Wildman–Crippen MR) is 122 cm³/mol. The highest BCUT2D eigenvalue weighted by Crippen LogP contribution is 2.36. The van der Waals surface area contributed by atoms with Crippen LogP contribution in [-0.2, 0) is 0 Å². The first-order valence-electron chi connectivity index (χ1n) is 9.60. The Morgan fingerprint density at radius 1 is 0.935 bits per heavy atom. The second-order valence-corrected chi connectivity index (χ2v) is 8.06. The zero-order valence-corrected chi connectivity index (χ0v) is 17.8. The number of aromatic nitrogens is 3. The molecule has 31 heavy (non-hydrogen) atoms. The third-order valence-corrected chi connectivity index (χ3v) is 5.79. The SMILES string of the molecule is Cc1nc(Nc2ncnc(NC(c3ccccc3)c3ccccc3)c2[N+](=O)[O-])sc1C. The highest BCUT2D eigenvalue weighted by Gasteiger charge is 2.26. The Kier molecular flexibility index (Phi) is 5.85. The molecule has 0 unspecified atom stereocenters. The first-order chi connectivity index (χ1) is 15.0. The minimum atomic E-state index is -0.481. The van der Waals surface area contributed by atoms with Gasteiger partial charge in [-0.25, -0.2) is 15.0 Å². The Morgan fingerprint density at radius 3 is 2.03 bits per heavy atom. The van der Waals surface area contributed by atoms with E-state index in [4.69, 9.17) is 0 Å². The molecule has 2 heterocycles. The molecule has 4 aromatic rings. The van der Waals surface area contributed by atoms with Crippen molar-refractivity contribution in [1.82, 2.24) is 15.0 Å². The fraction of sp³-hybridized carbons (Fsp3) is 0.136. The van der Waals surface area contributed by atoms with Gasteiger partial charge >= 0.3 is 5.69 Å². The molecule has 0 radical (unpaired) electrons. The van der Waals surface area contributed by atoms with Crippen LogP contribution in [0.25, 0.3) is 0 Å². The summed E-state index contributed by atoms with van der Waals surface area (Å²) in [6.45, 7) is 3.84. The number of thiazole rings is 1. The molecule has 8 nitrogen and oxygen atoms in total. The molecule has 0 aliphatic rings. The number of hydrogen-bond donors (Lipinski definition) is 2. The van der Waals surface area contributed by atoms with Crippen LogP contribution in [0.5, 0.6) is 0 Å². The lowest BCUT2D eigenvalue weighted by molar-refractivity contribution is -0.383. The second-order valence-electron chi connectivity index (χ2n) is 6.86. The molecule has 0 aliphatic heterocycles. The van der Waals surface area contributed by atoms with Crippen molar-refractivity contribution in [3.63, 3.8) is 0 Å². The van der Waals surface area contributed by atoms with Gasteiger partial charge in [0.05, 0.1) is 16.7 Å². The zero-order chi connectivity index (χ0) is 21.8. The molecule has 0 spiro atoms. The van der Waals surface area contributed by atoms with Crippen LogP contribution in [0, 0.1) is 24.0 Å². The molecule has 2 N–H and O–H groups in total. The normalized spacial score (nSPS) is 10.8. The Hall–Kier alpha value is -3.85. The number of rotatable bonds is 7. The van der Waals surface area contributed by atoms with Crippen LogP contribution >= 0.6 is 11.3 Å². The molecule has 0 saturated carbocycles. The predicted octanol–water partition coefficient (Wildman–Crippen LogP) is 5.40. The molecule has 2 aromatic heterocycles. The fourth-order valence-electron chi connectivity index (χ4n) is 3.16. The highest BCUT2D eigenvalue weighted by atomic mass is 32.1. The monoisotopic (exact) mass is 432 g/mol. The number of aryl methyl sites for hydroxylation is 2. The van der Waals surface area contributed by atoms with Crippen molar-refractivity contribution in [3.05, 3.63) is 98.8 Å². The van der Waals surface area contributed by atoms with Crippen molar-refractivity contribution in [2.75, 3.05) is 10.6 Å². The standard InChI is InChI=1S/C22H20N6O2S/c1-14-15(2)31-22(25-14)27-21-19(28(29)30)20(23-13-24-21)26-18(16-9-5-3-6-10-16)17-11-7-4-8-12-17/h3-13,18H,1-2H3,(H2,23,24,25,26,27). The topological polar surface area (TPSA) is 106 Å². The van der Waals surface area contributed by atoms with E-state index in [0.29, 0.717) is 5.13 Å². The van der Waals surface area contributed by atoms with E-state index in [1.165, 1.54) is 17.7 Å². The number of hydrogen-bond acceptors (Lipinski definition) is 8. The Balaban J connectivity index is 1.74. The molecule has 156 valence electrons.